The lowest BCUT2D eigenvalue weighted by Crippen LogP contribution is -2.02. The Labute approximate surface area is 297 Å². The minimum absolute atomic E-state index is 0.557. The predicted octanol–water partition coefficient (Wildman–Crippen LogP) is 12.6. The molecule has 0 amide bonds. The second kappa shape index (κ2) is 11.2. The Morgan fingerprint density at radius 2 is 0.981 bits per heavy atom. The van der Waals surface area contributed by atoms with Crippen LogP contribution >= 0.6 is 0 Å². The molecule has 0 atom stereocenters. The molecule has 242 valence electrons. The summed E-state index contributed by atoms with van der Waals surface area (Å²) in [4.78, 5) is 15.9. The zero-order chi connectivity index (χ0) is 34.2. The van der Waals surface area contributed by atoms with E-state index in [1.54, 1.807) is 0 Å². The molecule has 0 unspecified atom stereocenters. The van der Waals surface area contributed by atoms with Gasteiger partial charge in [-0.25, -0.2) is 15.0 Å². The van der Waals surface area contributed by atoms with E-state index >= 15 is 0 Å². The van der Waals surface area contributed by atoms with Gasteiger partial charge in [0.15, 0.2) is 17.5 Å². The number of aromatic nitrogens is 3. The Balaban J connectivity index is 1.28. The number of fused-ring (bicyclic) bond motifs is 9. The van der Waals surface area contributed by atoms with E-state index in [1.165, 1.54) is 5.39 Å². The molecule has 5 nitrogen and oxygen atoms in total. The number of hydrogen-bond donors (Lipinski definition) is 0. The molecule has 0 bridgehead atoms. The molecule has 8 aromatic carbocycles. The van der Waals surface area contributed by atoms with Gasteiger partial charge in [-0.2, -0.15) is 0 Å². The first-order valence-electron chi connectivity index (χ1n) is 17.4. The van der Waals surface area contributed by atoms with Gasteiger partial charge in [-0.3, -0.25) is 0 Å². The van der Waals surface area contributed by atoms with Crippen LogP contribution in [0.25, 0.3) is 111 Å². The number of furan rings is 2. The van der Waals surface area contributed by atoms with Gasteiger partial charge in [0.1, 0.15) is 22.3 Å². The molecule has 11 aromatic rings. The number of hydrogen-bond acceptors (Lipinski definition) is 5. The van der Waals surface area contributed by atoms with Crippen molar-refractivity contribution in [3.63, 3.8) is 0 Å². The monoisotopic (exact) mass is 665 g/mol. The molecule has 0 saturated carbocycles. The van der Waals surface area contributed by atoms with E-state index in [2.05, 4.69) is 91.0 Å². The van der Waals surface area contributed by atoms with Crippen LogP contribution in [-0.4, -0.2) is 15.0 Å². The first-order chi connectivity index (χ1) is 25.8. The highest BCUT2D eigenvalue weighted by atomic mass is 16.3. The Morgan fingerprint density at radius 1 is 0.346 bits per heavy atom. The number of benzene rings is 8. The van der Waals surface area contributed by atoms with Crippen LogP contribution in [0.3, 0.4) is 0 Å². The summed E-state index contributed by atoms with van der Waals surface area (Å²) in [5.41, 5.74) is 7.84. The third kappa shape index (κ3) is 4.33. The molecular formula is C47H27N3O2. The van der Waals surface area contributed by atoms with Gasteiger partial charge < -0.3 is 8.83 Å². The predicted molar refractivity (Wildman–Crippen MR) is 211 cm³/mol. The summed E-state index contributed by atoms with van der Waals surface area (Å²) < 4.78 is 13.1. The average molecular weight is 666 g/mol. The Hall–Kier alpha value is -7.11. The fraction of sp³-hybridized carbons (Fsp3) is 0. The molecule has 3 heterocycles. The zero-order valence-electron chi connectivity index (χ0n) is 27.7. The van der Waals surface area contributed by atoms with E-state index in [-0.39, 0.29) is 0 Å². The van der Waals surface area contributed by atoms with Crippen LogP contribution in [0.4, 0.5) is 0 Å². The van der Waals surface area contributed by atoms with Gasteiger partial charge in [-0.1, -0.05) is 133 Å². The summed E-state index contributed by atoms with van der Waals surface area (Å²) in [7, 11) is 0. The molecule has 0 radical (unpaired) electrons. The van der Waals surface area contributed by atoms with Crippen molar-refractivity contribution in [1.29, 1.82) is 0 Å². The normalized spacial score (nSPS) is 11.8. The molecule has 0 N–H and O–H groups in total. The molecule has 0 fully saturated rings. The molecule has 0 saturated heterocycles. The van der Waals surface area contributed by atoms with Crippen LogP contribution < -0.4 is 0 Å². The van der Waals surface area contributed by atoms with Crippen LogP contribution in [0.2, 0.25) is 0 Å². The first-order valence-corrected chi connectivity index (χ1v) is 17.4. The van der Waals surface area contributed by atoms with E-state index in [0.29, 0.717) is 17.5 Å². The lowest BCUT2D eigenvalue weighted by Gasteiger charge is -2.15. The maximum atomic E-state index is 6.61. The largest absolute Gasteiger partial charge is 0.456 e. The van der Waals surface area contributed by atoms with Gasteiger partial charge in [0.2, 0.25) is 0 Å². The topological polar surface area (TPSA) is 65.0 Å². The van der Waals surface area contributed by atoms with Gasteiger partial charge in [0.25, 0.3) is 0 Å². The fourth-order valence-corrected chi connectivity index (χ4v) is 7.80. The van der Waals surface area contributed by atoms with Crippen molar-refractivity contribution in [2.75, 3.05) is 0 Å². The van der Waals surface area contributed by atoms with E-state index in [4.69, 9.17) is 23.8 Å². The maximum absolute atomic E-state index is 6.61. The van der Waals surface area contributed by atoms with Gasteiger partial charge in [0, 0.05) is 43.8 Å². The highest BCUT2D eigenvalue weighted by Gasteiger charge is 2.24. The summed E-state index contributed by atoms with van der Waals surface area (Å²) in [6.45, 7) is 0. The smallest absolute Gasteiger partial charge is 0.165 e. The standard InChI is InChI=1S/C47H27N3O2/c1-2-13-28(14-3-1)45-48-46(38-27-29-15-4-5-16-30(29)31-17-6-7-18-32(31)38)50-47(49-45)43-34(25-26-41-42(43)37-20-9-11-24-40(37)51-41)36-22-12-21-35-33-19-8-10-23-39(33)52-44(35)36/h1-27H. The highest BCUT2D eigenvalue weighted by molar-refractivity contribution is 6.18. The Bertz CT molecular complexity index is 3190. The second-order valence-corrected chi connectivity index (χ2v) is 13.1. The lowest BCUT2D eigenvalue weighted by atomic mass is 9.93. The van der Waals surface area contributed by atoms with E-state index in [9.17, 15) is 0 Å². The van der Waals surface area contributed by atoms with Crippen LogP contribution in [0.1, 0.15) is 0 Å². The minimum Gasteiger partial charge on any atom is -0.456 e. The van der Waals surface area contributed by atoms with Crippen LogP contribution in [0, 0.1) is 0 Å². The minimum atomic E-state index is 0.557. The van der Waals surface area contributed by atoms with Gasteiger partial charge in [-0.05, 0) is 57.4 Å². The summed E-state index contributed by atoms with van der Waals surface area (Å²) in [6.07, 6.45) is 0. The van der Waals surface area contributed by atoms with Gasteiger partial charge in [-0.15, -0.1) is 0 Å². The van der Waals surface area contributed by atoms with Crippen LogP contribution in [0.15, 0.2) is 173 Å². The van der Waals surface area contributed by atoms with Crippen molar-refractivity contribution in [3.05, 3.63) is 164 Å². The average Bonchev–Trinajstić information content (AvgIpc) is 3.79. The molecular weight excluding hydrogens is 639 g/mol. The highest BCUT2D eigenvalue weighted by Crippen LogP contribution is 2.45. The lowest BCUT2D eigenvalue weighted by molar-refractivity contribution is 0.668. The SMILES string of the molecule is c1ccc(-c2nc(-c3cc4ccccc4c4ccccc34)nc(-c3c(-c4cccc5c4oc4ccccc45)ccc4oc5ccccc5c34)n2)cc1. The quantitative estimate of drug-likeness (QED) is 0.175. The number of rotatable bonds is 4. The van der Waals surface area contributed by atoms with Crippen molar-refractivity contribution in [2.24, 2.45) is 0 Å². The van der Waals surface area contributed by atoms with E-state index in [1.807, 2.05) is 72.8 Å². The van der Waals surface area contributed by atoms with Gasteiger partial charge in [0.05, 0.1) is 0 Å². The molecule has 0 aliphatic heterocycles. The van der Waals surface area contributed by atoms with Crippen molar-refractivity contribution >= 4 is 65.4 Å². The molecule has 0 aliphatic carbocycles. The van der Waals surface area contributed by atoms with Crippen molar-refractivity contribution in [2.45, 2.75) is 0 Å². The second-order valence-electron chi connectivity index (χ2n) is 13.1. The molecule has 0 spiro atoms. The number of nitrogens with zero attached hydrogens (tertiary/aromatic N) is 3. The molecule has 5 heteroatoms. The summed E-state index contributed by atoms with van der Waals surface area (Å²) in [5.74, 6) is 1.75. The zero-order valence-corrected chi connectivity index (χ0v) is 27.7. The summed E-state index contributed by atoms with van der Waals surface area (Å²) in [6, 6.07) is 56.1. The maximum Gasteiger partial charge on any atom is 0.165 e. The molecule has 3 aromatic heterocycles. The van der Waals surface area contributed by atoms with Crippen molar-refractivity contribution in [1.82, 2.24) is 15.0 Å². The Kier molecular flexibility index (Phi) is 6.18. The van der Waals surface area contributed by atoms with Crippen molar-refractivity contribution < 1.29 is 8.83 Å². The van der Waals surface area contributed by atoms with Crippen LogP contribution in [-0.2, 0) is 0 Å². The third-order valence-electron chi connectivity index (χ3n) is 10.1. The van der Waals surface area contributed by atoms with E-state index in [0.717, 1.165) is 87.9 Å². The molecule has 11 rings (SSSR count). The number of para-hydroxylation sites is 3. The van der Waals surface area contributed by atoms with Gasteiger partial charge >= 0.3 is 0 Å². The molecule has 0 aliphatic rings. The summed E-state index contributed by atoms with van der Waals surface area (Å²) >= 11 is 0. The summed E-state index contributed by atoms with van der Waals surface area (Å²) in [5, 5.41) is 8.62. The Morgan fingerprint density at radius 3 is 1.83 bits per heavy atom. The van der Waals surface area contributed by atoms with E-state index < -0.39 is 0 Å². The van der Waals surface area contributed by atoms with Crippen molar-refractivity contribution in [3.8, 4) is 45.3 Å². The van der Waals surface area contributed by atoms with Crippen LogP contribution in [0.5, 0.6) is 0 Å². The molecule has 52 heavy (non-hydrogen) atoms. The fourth-order valence-electron chi connectivity index (χ4n) is 7.80. The third-order valence-corrected chi connectivity index (χ3v) is 10.1. The first kappa shape index (κ1) is 28.7.